The van der Waals surface area contributed by atoms with Crippen LogP contribution in [0.5, 0.6) is 0 Å². The van der Waals surface area contributed by atoms with Gasteiger partial charge < -0.3 is 15.0 Å². The van der Waals surface area contributed by atoms with Gasteiger partial charge in [0.2, 0.25) is 0 Å². The molecule has 2 aliphatic heterocycles. The quantitative estimate of drug-likeness (QED) is 0.878. The summed E-state index contributed by atoms with van der Waals surface area (Å²) in [4.78, 5) is 25.8. The number of carbonyl (C=O) groups excluding carboxylic acids is 2. The lowest BCUT2D eigenvalue weighted by molar-refractivity contribution is -0.00523. The molecule has 2 N–H and O–H groups in total. The van der Waals surface area contributed by atoms with Crippen molar-refractivity contribution in [2.75, 3.05) is 19.6 Å². The van der Waals surface area contributed by atoms with Crippen molar-refractivity contribution in [1.82, 2.24) is 20.4 Å². The van der Waals surface area contributed by atoms with Crippen LogP contribution in [0.25, 0.3) is 11.3 Å². The monoisotopic (exact) mass is 332 g/mol. The van der Waals surface area contributed by atoms with E-state index in [2.05, 4.69) is 15.5 Å². The number of rotatable bonds is 2. The average Bonchev–Trinajstić information content (AvgIpc) is 3.27. The Morgan fingerprint density at radius 1 is 1.48 bits per heavy atom. The molecule has 1 atom stereocenters. The number of H-pyrrole nitrogens is 1. The first-order chi connectivity index (χ1) is 11.2. The average molecular weight is 332 g/mol. The van der Waals surface area contributed by atoms with Gasteiger partial charge in [-0.2, -0.15) is 16.4 Å². The molecule has 2 aliphatic rings. The van der Waals surface area contributed by atoms with Crippen LogP contribution in [0.2, 0.25) is 0 Å². The summed E-state index contributed by atoms with van der Waals surface area (Å²) >= 11 is 1.59. The van der Waals surface area contributed by atoms with Gasteiger partial charge in [0.15, 0.2) is 0 Å². The van der Waals surface area contributed by atoms with Crippen LogP contribution in [-0.4, -0.2) is 52.3 Å². The zero-order chi connectivity index (χ0) is 15.9. The molecule has 2 aromatic heterocycles. The lowest BCUT2D eigenvalue weighted by Gasteiger charge is -2.37. The molecule has 2 amide bonds. The molecule has 1 spiro atoms. The molecule has 0 aromatic carbocycles. The second-order valence-electron chi connectivity index (χ2n) is 5.94. The Labute approximate surface area is 136 Å². The van der Waals surface area contributed by atoms with E-state index >= 15 is 0 Å². The van der Waals surface area contributed by atoms with Crippen LogP contribution in [0.4, 0.5) is 4.79 Å². The molecule has 0 radical (unpaired) electrons. The van der Waals surface area contributed by atoms with Gasteiger partial charge in [-0.1, -0.05) is 0 Å². The Bertz CT molecular complexity index is 742. The molecule has 0 saturated carbocycles. The number of nitrogens with one attached hydrogen (secondary N) is 2. The van der Waals surface area contributed by atoms with E-state index in [0.717, 1.165) is 24.1 Å². The SMILES string of the molecule is O=C1NCC2(CCCN(C(=O)c3cc(-c4ccsc4)n[nH]3)C2)O1. The maximum atomic E-state index is 12.7. The van der Waals surface area contributed by atoms with Crippen molar-refractivity contribution in [1.29, 1.82) is 0 Å². The summed E-state index contributed by atoms with van der Waals surface area (Å²) in [7, 11) is 0. The Morgan fingerprint density at radius 3 is 3.13 bits per heavy atom. The van der Waals surface area contributed by atoms with E-state index < -0.39 is 11.7 Å². The lowest BCUT2D eigenvalue weighted by Crippen LogP contribution is -2.52. The second kappa shape index (κ2) is 5.38. The molecular weight excluding hydrogens is 316 g/mol. The number of nitrogens with zero attached hydrogens (tertiary/aromatic N) is 2. The highest BCUT2D eigenvalue weighted by Crippen LogP contribution is 2.29. The second-order valence-corrected chi connectivity index (χ2v) is 6.72. The van der Waals surface area contributed by atoms with Gasteiger partial charge in [-0.05, 0) is 30.4 Å². The van der Waals surface area contributed by atoms with Crippen LogP contribution >= 0.6 is 11.3 Å². The van der Waals surface area contributed by atoms with Gasteiger partial charge in [0.1, 0.15) is 11.3 Å². The van der Waals surface area contributed by atoms with E-state index in [9.17, 15) is 9.59 Å². The van der Waals surface area contributed by atoms with Gasteiger partial charge in [-0.25, -0.2) is 4.79 Å². The van der Waals surface area contributed by atoms with Gasteiger partial charge in [0.05, 0.1) is 18.8 Å². The van der Waals surface area contributed by atoms with E-state index in [1.807, 2.05) is 16.8 Å². The normalized spacial score (nSPS) is 23.8. The maximum absolute atomic E-state index is 12.7. The first kappa shape index (κ1) is 14.3. The number of ether oxygens (including phenoxy) is 1. The number of piperidine rings is 1. The van der Waals surface area contributed by atoms with Crippen LogP contribution in [0.3, 0.4) is 0 Å². The minimum absolute atomic E-state index is 0.110. The third-order valence-electron chi connectivity index (χ3n) is 4.32. The predicted octanol–water partition coefficient (Wildman–Crippen LogP) is 1.85. The van der Waals surface area contributed by atoms with Crippen molar-refractivity contribution in [2.45, 2.75) is 18.4 Å². The van der Waals surface area contributed by atoms with E-state index in [0.29, 0.717) is 25.3 Å². The van der Waals surface area contributed by atoms with Crippen LogP contribution in [-0.2, 0) is 4.74 Å². The van der Waals surface area contributed by atoms with Crippen molar-refractivity contribution in [2.24, 2.45) is 0 Å². The molecule has 2 aromatic rings. The molecule has 7 nitrogen and oxygen atoms in total. The standard InChI is InChI=1S/C15H16N4O3S/c20-13(12-6-11(17-18-12)10-2-5-23-7-10)19-4-1-3-15(9-19)8-16-14(21)22-15/h2,5-7H,1,3-4,8-9H2,(H,16,21)(H,17,18). The zero-order valence-corrected chi connectivity index (χ0v) is 13.2. The minimum Gasteiger partial charge on any atom is -0.439 e. The Hall–Kier alpha value is -2.35. The van der Waals surface area contributed by atoms with Crippen LogP contribution in [0.15, 0.2) is 22.9 Å². The van der Waals surface area contributed by atoms with Gasteiger partial charge in [-0.15, -0.1) is 0 Å². The van der Waals surface area contributed by atoms with Crippen molar-refractivity contribution in [3.05, 3.63) is 28.6 Å². The van der Waals surface area contributed by atoms with E-state index in [1.165, 1.54) is 0 Å². The summed E-state index contributed by atoms with van der Waals surface area (Å²) in [6.07, 6.45) is 1.19. The van der Waals surface area contributed by atoms with Crippen LogP contribution in [0.1, 0.15) is 23.3 Å². The largest absolute Gasteiger partial charge is 0.439 e. The molecular formula is C15H16N4O3S. The highest BCUT2D eigenvalue weighted by molar-refractivity contribution is 7.08. The molecule has 23 heavy (non-hydrogen) atoms. The number of likely N-dealkylation sites (tertiary alicyclic amines) is 1. The van der Waals surface area contributed by atoms with Crippen molar-refractivity contribution in [3.8, 4) is 11.3 Å². The van der Waals surface area contributed by atoms with E-state index in [-0.39, 0.29) is 5.91 Å². The van der Waals surface area contributed by atoms with E-state index in [1.54, 1.807) is 22.3 Å². The zero-order valence-electron chi connectivity index (χ0n) is 12.4. The number of carbonyl (C=O) groups is 2. The summed E-state index contributed by atoms with van der Waals surface area (Å²) in [6.45, 7) is 1.53. The topological polar surface area (TPSA) is 87.3 Å². The number of amides is 2. The number of alkyl carbamates (subject to hydrolysis) is 1. The summed E-state index contributed by atoms with van der Waals surface area (Å²) in [5.74, 6) is -0.110. The Morgan fingerprint density at radius 2 is 2.39 bits per heavy atom. The fourth-order valence-electron chi connectivity index (χ4n) is 3.16. The van der Waals surface area contributed by atoms with Crippen LogP contribution in [0, 0.1) is 0 Å². The van der Waals surface area contributed by atoms with Gasteiger partial charge in [0, 0.05) is 17.5 Å². The lowest BCUT2D eigenvalue weighted by atomic mass is 9.93. The molecule has 0 bridgehead atoms. The number of thiophene rings is 1. The third kappa shape index (κ3) is 2.59. The predicted molar refractivity (Wildman–Crippen MR) is 84.3 cm³/mol. The van der Waals surface area contributed by atoms with Gasteiger partial charge in [0.25, 0.3) is 5.91 Å². The van der Waals surface area contributed by atoms with Gasteiger partial charge in [-0.3, -0.25) is 9.89 Å². The number of hydrogen-bond acceptors (Lipinski definition) is 5. The number of aromatic amines is 1. The highest BCUT2D eigenvalue weighted by atomic mass is 32.1. The summed E-state index contributed by atoms with van der Waals surface area (Å²) in [6, 6.07) is 3.74. The molecule has 2 fully saturated rings. The first-order valence-corrected chi connectivity index (χ1v) is 8.44. The molecule has 1 unspecified atom stereocenters. The fraction of sp³-hybridized carbons (Fsp3) is 0.400. The molecule has 120 valence electrons. The number of hydrogen-bond donors (Lipinski definition) is 2. The molecule has 8 heteroatoms. The van der Waals surface area contributed by atoms with Crippen LogP contribution < -0.4 is 5.32 Å². The Balaban J connectivity index is 1.51. The third-order valence-corrected chi connectivity index (χ3v) is 5.00. The Kier molecular flexibility index (Phi) is 3.33. The van der Waals surface area contributed by atoms with Crippen molar-refractivity contribution < 1.29 is 14.3 Å². The van der Waals surface area contributed by atoms with Crippen molar-refractivity contribution in [3.63, 3.8) is 0 Å². The first-order valence-electron chi connectivity index (χ1n) is 7.49. The van der Waals surface area contributed by atoms with E-state index in [4.69, 9.17) is 4.74 Å². The summed E-state index contributed by atoms with van der Waals surface area (Å²) in [5.41, 5.74) is 1.63. The smallest absolute Gasteiger partial charge is 0.407 e. The fourth-order valence-corrected chi connectivity index (χ4v) is 3.81. The molecule has 2 saturated heterocycles. The minimum atomic E-state index is -0.582. The molecule has 4 rings (SSSR count). The number of aromatic nitrogens is 2. The molecule has 0 aliphatic carbocycles. The maximum Gasteiger partial charge on any atom is 0.407 e. The summed E-state index contributed by atoms with van der Waals surface area (Å²) < 4.78 is 5.40. The molecule has 4 heterocycles. The van der Waals surface area contributed by atoms with Gasteiger partial charge >= 0.3 is 6.09 Å². The highest BCUT2D eigenvalue weighted by Gasteiger charge is 2.45. The van der Waals surface area contributed by atoms with Crippen molar-refractivity contribution >= 4 is 23.3 Å². The summed E-state index contributed by atoms with van der Waals surface area (Å²) in [5, 5.41) is 13.7.